The first-order chi connectivity index (χ1) is 14.0. The molecule has 2 atom stereocenters. The standard InChI is InChI=1S/C23H23NO5/c1-14(28-22(25)11-15-7-3-4-8-15)23(26)24-18-13-20-17(12-21(18)27-2)16-9-5-6-10-19(16)29-20/h3,5-7,9-10,12-15H,4,8,11H2,1-2H3,(H,24,26)/t14-,15+/m0/s1. The summed E-state index contributed by atoms with van der Waals surface area (Å²) in [5.41, 5.74) is 1.86. The van der Waals surface area contributed by atoms with Crippen LogP contribution < -0.4 is 10.1 Å². The third-order valence-corrected chi connectivity index (χ3v) is 5.18. The van der Waals surface area contributed by atoms with Crippen LogP contribution in [0.3, 0.4) is 0 Å². The van der Waals surface area contributed by atoms with Crippen LogP contribution >= 0.6 is 0 Å². The Kier molecular flexibility index (Phi) is 5.25. The first-order valence-electron chi connectivity index (χ1n) is 9.71. The van der Waals surface area contributed by atoms with E-state index in [2.05, 4.69) is 11.4 Å². The Morgan fingerprint density at radius 1 is 1.21 bits per heavy atom. The van der Waals surface area contributed by atoms with Gasteiger partial charge in [0, 0.05) is 16.8 Å². The molecule has 0 fully saturated rings. The summed E-state index contributed by atoms with van der Waals surface area (Å²) in [4.78, 5) is 24.7. The van der Waals surface area contributed by atoms with E-state index in [1.165, 1.54) is 7.11 Å². The van der Waals surface area contributed by atoms with Gasteiger partial charge in [-0.15, -0.1) is 0 Å². The second-order valence-corrected chi connectivity index (χ2v) is 7.24. The van der Waals surface area contributed by atoms with Crippen molar-refractivity contribution in [3.05, 3.63) is 48.6 Å². The molecule has 6 heteroatoms. The lowest BCUT2D eigenvalue weighted by Crippen LogP contribution is -2.30. The Balaban J connectivity index is 1.49. The first kappa shape index (κ1) is 19.1. The zero-order valence-corrected chi connectivity index (χ0v) is 16.4. The number of benzene rings is 2. The van der Waals surface area contributed by atoms with Crippen LogP contribution in [0.2, 0.25) is 0 Å². The molecule has 0 spiro atoms. The van der Waals surface area contributed by atoms with Gasteiger partial charge in [0.1, 0.15) is 16.9 Å². The third-order valence-electron chi connectivity index (χ3n) is 5.18. The van der Waals surface area contributed by atoms with E-state index in [0.717, 1.165) is 29.2 Å². The number of furan rings is 1. The monoisotopic (exact) mass is 393 g/mol. The van der Waals surface area contributed by atoms with E-state index in [0.29, 0.717) is 23.4 Å². The van der Waals surface area contributed by atoms with E-state index in [1.54, 1.807) is 13.0 Å². The molecule has 0 saturated carbocycles. The second kappa shape index (κ2) is 7.99. The summed E-state index contributed by atoms with van der Waals surface area (Å²) < 4.78 is 16.6. The molecule has 1 aliphatic carbocycles. The van der Waals surface area contributed by atoms with Crippen LogP contribution in [0.25, 0.3) is 21.9 Å². The van der Waals surface area contributed by atoms with E-state index in [4.69, 9.17) is 13.9 Å². The lowest BCUT2D eigenvalue weighted by Gasteiger charge is -2.16. The van der Waals surface area contributed by atoms with Gasteiger partial charge in [-0.2, -0.15) is 0 Å². The topological polar surface area (TPSA) is 77.8 Å². The molecule has 1 aliphatic rings. The van der Waals surface area contributed by atoms with Gasteiger partial charge in [-0.1, -0.05) is 30.4 Å². The maximum absolute atomic E-state index is 12.6. The Labute approximate surface area is 168 Å². The minimum atomic E-state index is -0.913. The quantitative estimate of drug-likeness (QED) is 0.480. The van der Waals surface area contributed by atoms with Crippen LogP contribution in [-0.2, 0) is 14.3 Å². The number of amides is 1. The predicted octanol–water partition coefficient (Wildman–Crippen LogP) is 4.82. The van der Waals surface area contributed by atoms with Crippen LogP contribution in [-0.4, -0.2) is 25.1 Å². The average molecular weight is 393 g/mol. The first-order valence-corrected chi connectivity index (χ1v) is 9.71. The molecule has 1 amide bonds. The van der Waals surface area contributed by atoms with Crippen LogP contribution in [0.4, 0.5) is 5.69 Å². The summed E-state index contributed by atoms with van der Waals surface area (Å²) in [6, 6.07) is 11.3. The predicted molar refractivity (Wildman–Crippen MR) is 111 cm³/mol. The van der Waals surface area contributed by atoms with E-state index in [1.807, 2.05) is 36.4 Å². The summed E-state index contributed by atoms with van der Waals surface area (Å²) in [5.74, 6) is -0.0849. The summed E-state index contributed by atoms with van der Waals surface area (Å²) in [7, 11) is 1.54. The number of allylic oxidation sites excluding steroid dienone is 2. The Morgan fingerprint density at radius 2 is 2.03 bits per heavy atom. The molecule has 0 unspecified atom stereocenters. The van der Waals surface area contributed by atoms with Gasteiger partial charge in [-0.3, -0.25) is 9.59 Å². The number of carbonyl (C=O) groups is 2. The summed E-state index contributed by atoms with van der Waals surface area (Å²) in [5, 5.41) is 4.66. The number of hydrogen-bond acceptors (Lipinski definition) is 5. The highest BCUT2D eigenvalue weighted by atomic mass is 16.5. The number of fused-ring (bicyclic) bond motifs is 3. The summed E-state index contributed by atoms with van der Waals surface area (Å²) >= 11 is 0. The largest absolute Gasteiger partial charge is 0.495 e. The minimum absolute atomic E-state index is 0.202. The number of para-hydroxylation sites is 1. The number of nitrogens with one attached hydrogen (secondary N) is 1. The van der Waals surface area contributed by atoms with Gasteiger partial charge in [0.25, 0.3) is 5.91 Å². The van der Waals surface area contributed by atoms with Gasteiger partial charge >= 0.3 is 5.97 Å². The van der Waals surface area contributed by atoms with Crippen molar-refractivity contribution in [1.82, 2.24) is 0 Å². The Hall–Kier alpha value is -3.28. The number of esters is 1. The number of methoxy groups -OCH3 is 1. The third kappa shape index (κ3) is 3.97. The molecule has 0 radical (unpaired) electrons. The van der Waals surface area contributed by atoms with Crippen molar-refractivity contribution in [2.75, 3.05) is 12.4 Å². The molecule has 1 N–H and O–H groups in total. The lowest BCUT2D eigenvalue weighted by atomic mass is 10.1. The molecule has 1 heterocycles. The number of rotatable bonds is 6. The van der Waals surface area contributed by atoms with Crippen molar-refractivity contribution >= 4 is 39.5 Å². The Bertz CT molecular complexity index is 1100. The van der Waals surface area contributed by atoms with Gasteiger partial charge in [0.15, 0.2) is 6.10 Å². The van der Waals surface area contributed by atoms with Gasteiger partial charge in [-0.05, 0) is 37.8 Å². The average Bonchev–Trinajstić information content (AvgIpc) is 3.34. The van der Waals surface area contributed by atoms with Crippen LogP contribution in [0.15, 0.2) is 53.0 Å². The van der Waals surface area contributed by atoms with Crippen LogP contribution in [0.5, 0.6) is 5.75 Å². The summed E-state index contributed by atoms with van der Waals surface area (Å²) in [6.45, 7) is 1.56. The number of ether oxygens (including phenoxy) is 2. The molecule has 150 valence electrons. The maximum Gasteiger partial charge on any atom is 0.307 e. The fourth-order valence-corrected chi connectivity index (χ4v) is 3.63. The Morgan fingerprint density at radius 3 is 2.79 bits per heavy atom. The van der Waals surface area contributed by atoms with Crippen molar-refractivity contribution < 1.29 is 23.5 Å². The SMILES string of the molecule is COc1cc2c(cc1NC(=O)[C@H](C)OC(=O)C[C@@H]1C=CCC1)oc1ccccc12. The summed E-state index contributed by atoms with van der Waals surface area (Å²) in [6.07, 6.45) is 5.41. The molecule has 29 heavy (non-hydrogen) atoms. The highest BCUT2D eigenvalue weighted by molar-refractivity contribution is 6.08. The normalized spacial score (nSPS) is 16.8. The van der Waals surface area contributed by atoms with E-state index in [9.17, 15) is 9.59 Å². The molecule has 3 aromatic rings. The van der Waals surface area contributed by atoms with E-state index >= 15 is 0 Å². The van der Waals surface area contributed by atoms with Crippen molar-refractivity contribution in [3.63, 3.8) is 0 Å². The molecule has 0 bridgehead atoms. The van der Waals surface area contributed by atoms with Crippen molar-refractivity contribution in [2.45, 2.75) is 32.3 Å². The van der Waals surface area contributed by atoms with Gasteiger partial charge in [0.05, 0.1) is 19.2 Å². The highest BCUT2D eigenvalue weighted by Crippen LogP contribution is 2.36. The molecule has 4 rings (SSSR count). The molecule has 6 nitrogen and oxygen atoms in total. The van der Waals surface area contributed by atoms with Gasteiger partial charge < -0.3 is 19.2 Å². The van der Waals surface area contributed by atoms with Crippen molar-refractivity contribution in [3.8, 4) is 5.75 Å². The minimum Gasteiger partial charge on any atom is -0.495 e. The van der Waals surface area contributed by atoms with Crippen LogP contribution in [0, 0.1) is 5.92 Å². The molecule has 2 aromatic carbocycles. The molecule has 1 aromatic heterocycles. The van der Waals surface area contributed by atoms with Crippen LogP contribution in [0.1, 0.15) is 26.2 Å². The second-order valence-electron chi connectivity index (χ2n) is 7.24. The smallest absolute Gasteiger partial charge is 0.307 e. The zero-order valence-electron chi connectivity index (χ0n) is 16.4. The van der Waals surface area contributed by atoms with Gasteiger partial charge in [-0.25, -0.2) is 0 Å². The molecular formula is C23H23NO5. The van der Waals surface area contributed by atoms with Gasteiger partial charge in [0.2, 0.25) is 0 Å². The maximum atomic E-state index is 12.6. The fraction of sp³-hybridized carbons (Fsp3) is 0.304. The molecule has 0 saturated heterocycles. The van der Waals surface area contributed by atoms with Crippen molar-refractivity contribution in [1.29, 1.82) is 0 Å². The number of hydrogen-bond donors (Lipinski definition) is 1. The molecular weight excluding hydrogens is 370 g/mol. The fourth-order valence-electron chi connectivity index (χ4n) is 3.63. The number of anilines is 1. The highest BCUT2D eigenvalue weighted by Gasteiger charge is 2.22. The molecule has 0 aliphatic heterocycles. The van der Waals surface area contributed by atoms with E-state index in [-0.39, 0.29) is 11.9 Å². The zero-order chi connectivity index (χ0) is 20.4. The van der Waals surface area contributed by atoms with Crippen molar-refractivity contribution in [2.24, 2.45) is 5.92 Å². The number of carbonyl (C=O) groups excluding carboxylic acids is 2. The van der Waals surface area contributed by atoms with E-state index < -0.39 is 12.0 Å². The lowest BCUT2D eigenvalue weighted by molar-refractivity contribution is -0.153.